The summed E-state index contributed by atoms with van der Waals surface area (Å²) in [6.07, 6.45) is 7.00. The van der Waals surface area contributed by atoms with Gasteiger partial charge in [0.15, 0.2) is 5.78 Å². The smallest absolute Gasteiger partial charge is 0.155 e. The summed E-state index contributed by atoms with van der Waals surface area (Å²) in [6.45, 7) is 4.30. The van der Waals surface area contributed by atoms with Crippen molar-refractivity contribution >= 4 is 5.78 Å². The van der Waals surface area contributed by atoms with Crippen LogP contribution in [0.5, 0.6) is 0 Å². The highest BCUT2D eigenvalue weighted by molar-refractivity contribution is 5.91. The van der Waals surface area contributed by atoms with Gasteiger partial charge in [-0.2, -0.15) is 0 Å². The molecule has 0 aromatic rings. The molecule has 140 valence electrons. The van der Waals surface area contributed by atoms with Gasteiger partial charge in [-0.15, -0.1) is 0 Å². The number of rotatable bonds is 2. The standard InChI is InChI=1S/C21H32O4/c1-20-8-7-13(23)9-12(20)3-4-14-15-5-6-16(18(25)11-22)21(15,2)10-17(24)19(14)20/h9,14-19,22,24-25H,3-8,10-11H2,1-2H3/t14-,15-,16+,17+,18-,19+,20-,21-/m0/s1. The van der Waals surface area contributed by atoms with Crippen molar-refractivity contribution in [3.8, 4) is 0 Å². The molecule has 4 nitrogen and oxygen atoms in total. The second-order valence-electron chi connectivity index (χ2n) is 9.60. The van der Waals surface area contributed by atoms with E-state index in [-0.39, 0.29) is 41.2 Å². The van der Waals surface area contributed by atoms with Gasteiger partial charge in [0.2, 0.25) is 0 Å². The zero-order chi connectivity index (χ0) is 18.0. The number of ketones is 1. The van der Waals surface area contributed by atoms with Crippen LogP contribution in [0, 0.1) is 34.5 Å². The summed E-state index contributed by atoms with van der Waals surface area (Å²) >= 11 is 0. The number of carbonyl (C=O) groups is 1. The Morgan fingerprint density at radius 3 is 2.72 bits per heavy atom. The number of hydrogen-bond acceptors (Lipinski definition) is 4. The predicted molar refractivity (Wildman–Crippen MR) is 94.7 cm³/mol. The number of hydrogen-bond donors (Lipinski definition) is 3. The van der Waals surface area contributed by atoms with Crippen molar-refractivity contribution in [3.63, 3.8) is 0 Å². The van der Waals surface area contributed by atoms with E-state index in [9.17, 15) is 20.1 Å². The molecule has 3 fully saturated rings. The van der Waals surface area contributed by atoms with Gasteiger partial charge in [0.05, 0.1) is 18.8 Å². The van der Waals surface area contributed by atoms with Crippen LogP contribution >= 0.6 is 0 Å². The van der Waals surface area contributed by atoms with Gasteiger partial charge in [0, 0.05) is 6.42 Å². The minimum absolute atomic E-state index is 0.0503. The van der Waals surface area contributed by atoms with Crippen LogP contribution in [0.3, 0.4) is 0 Å². The van der Waals surface area contributed by atoms with Gasteiger partial charge in [0.1, 0.15) is 0 Å². The second-order valence-corrected chi connectivity index (χ2v) is 9.60. The van der Waals surface area contributed by atoms with Crippen LogP contribution in [0.4, 0.5) is 0 Å². The number of allylic oxidation sites excluding steroid dienone is 1. The molecule has 0 spiro atoms. The van der Waals surface area contributed by atoms with Crippen molar-refractivity contribution in [1.82, 2.24) is 0 Å². The summed E-state index contributed by atoms with van der Waals surface area (Å²) in [5, 5.41) is 31.0. The molecule has 8 atom stereocenters. The molecule has 0 amide bonds. The lowest BCUT2D eigenvalue weighted by Gasteiger charge is -2.60. The average molecular weight is 348 g/mol. The first-order valence-corrected chi connectivity index (χ1v) is 10.0. The van der Waals surface area contributed by atoms with Crippen LogP contribution in [0.15, 0.2) is 11.6 Å². The average Bonchev–Trinajstić information content (AvgIpc) is 2.91. The van der Waals surface area contributed by atoms with E-state index in [1.165, 1.54) is 5.57 Å². The summed E-state index contributed by atoms with van der Waals surface area (Å²) in [5.74, 6) is 1.51. The van der Waals surface area contributed by atoms with Gasteiger partial charge in [-0.05, 0) is 79.1 Å². The van der Waals surface area contributed by atoms with Crippen molar-refractivity contribution in [1.29, 1.82) is 0 Å². The molecule has 4 heteroatoms. The van der Waals surface area contributed by atoms with Crippen LogP contribution in [0.25, 0.3) is 0 Å². The Morgan fingerprint density at radius 2 is 2.00 bits per heavy atom. The van der Waals surface area contributed by atoms with Gasteiger partial charge >= 0.3 is 0 Å². The Kier molecular flexibility index (Phi) is 4.17. The van der Waals surface area contributed by atoms with E-state index in [0.717, 1.165) is 32.1 Å². The molecular weight excluding hydrogens is 316 g/mol. The van der Waals surface area contributed by atoms with Crippen LogP contribution in [0.1, 0.15) is 58.8 Å². The maximum atomic E-state index is 11.9. The van der Waals surface area contributed by atoms with Crippen LogP contribution in [0.2, 0.25) is 0 Å². The largest absolute Gasteiger partial charge is 0.394 e. The molecule has 0 unspecified atom stereocenters. The first-order valence-electron chi connectivity index (χ1n) is 10.0. The Morgan fingerprint density at radius 1 is 1.24 bits per heavy atom. The zero-order valence-electron chi connectivity index (χ0n) is 15.4. The summed E-state index contributed by atoms with van der Waals surface area (Å²) in [4.78, 5) is 11.9. The SMILES string of the molecule is C[C@]12C[C@@H](O)[C@H]3[C@@H](CCC4=CC(=O)CC[C@@]43C)[C@@H]1CC[C@@H]2[C@@H](O)CO. The topological polar surface area (TPSA) is 77.8 Å². The molecule has 0 heterocycles. The molecule has 3 N–H and O–H groups in total. The first kappa shape index (κ1) is 17.7. The normalized spacial score (nSPS) is 50.5. The van der Waals surface area contributed by atoms with Gasteiger partial charge in [0.25, 0.3) is 0 Å². The third-order valence-corrected chi connectivity index (χ3v) is 8.62. The fourth-order valence-electron chi connectivity index (χ4n) is 7.49. The summed E-state index contributed by atoms with van der Waals surface area (Å²) in [6, 6.07) is 0. The van der Waals surface area contributed by atoms with Crippen molar-refractivity contribution in [2.75, 3.05) is 6.61 Å². The molecule has 0 aliphatic heterocycles. The molecule has 0 radical (unpaired) electrons. The number of carbonyl (C=O) groups excluding carboxylic acids is 1. The van der Waals surface area contributed by atoms with E-state index in [4.69, 9.17) is 0 Å². The lowest BCUT2D eigenvalue weighted by atomic mass is 9.46. The third-order valence-electron chi connectivity index (χ3n) is 8.62. The van der Waals surface area contributed by atoms with Gasteiger partial charge in [-0.3, -0.25) is 4.79 Å². The number of fused-ring (bicyclic) bond motifs is 5. The van der Waals surface area contributed by atoms with Gasteiger partial charge in [-0.25, -0.2) is 0 Å². The molecule has 0 aromatic carbocycles. The highest BCUT2D eigenvalue weighted by Gasteiger charge is 2.62. The zero-order valence-corrected chi connectivity index (χ0v) is 15.4. The molecule has 25 heavy (non-hydrogen) atoms. The minimum atomic E-state index is -0.680. The Hall–Kier alpha value is -0.710. The molecule has 0 bridgehead atoms. The highest BCUT2D eigenvalue weighted by Crippen LogP contribution is 2.66. The molecular formula is C21H32O4. The molecule has 4 aliphatic carbocycles. The van der Waals surface area contributed by atoms with E-state index in [1.54, 1.807) is 0 Å². The fraction of sp³-hybridized carbons (Fsp3) is 0.857. The van der Waals surface area contributed by atoms with E-state index >= 15 is 0 Å². The van der Waals surface area contributed by atoms with Crippen molar-refractivity contribution in [3.05, 3.63) is 11.6 Å². The summed E-state index contributed by atoms with van der Waals surface area (Å²) in [5.41, 5.74) is 1.12. The van der Waals surface area contributed by atoms with Crippen molar-refractivity contribution in [2.24, 2.45) is 34.5 Å². The third kappa shape index (κ3) is 2.40. The fourth-order valence-corrected chi connectivity index (χ4v) is 7.49. The summed E-state index contributed by atoms with van der Waals surface area (Å²) in [7, 11) is 0. The van der Waals surface area contributed by atoms with Crippen LogP contribution in [-0.4, -0.2) is 39.9 Å². The van der Waals surface area contributed by atoms with E-state index in [1.807, 2.05) is 6.08 Å². The molecule has 3 saturated carbocycles. The van der Waals surface area contributed by atoms with Crippen LogP contribution in [-0.2, 0) is 4.79 Å². The Labute approximate surface area is 150 Å². The maximum absolute atomic E-state index is 11.9. The maximum Gasteiger partial charge on any atom is 0.155 e. The van der Waals surface area contributed by atoms with Crippen LogP contribution < -0.4 is 0 Å². The number of aliphatic hydroxyl groups is 3. The molecule has 0 saturated heterocycles. The molecule has 0 aromatic heterocycles. The van der Waals surface area contributed by atoms with E-state index < -0.39 is 6.10 Å². The molecule has 4 rings (SSSR count). The van der Waals surface area contributed by atoms with E-state index in [2.05, 4.69) is 13.8 Å². The van der Waals surface area contributed by atoms with Gasteiger partial charge in [-0.1, -0.05) is 19.4 Å². The lowest BCUT2D eigenvalue weighted by molar-refractivity contribution is -0.143. The number of aliphatic hydroxyl groups excluding tert-OH is 3. The lowest BCUT2D eigenvalue weighted by Crippen LogP contribution is -2.57. The summed E-state index contributed by atoms with van der Waals surface area (Å²) < 4.78 is 0. The first-order chi connectivity index (χ1) is 11.8. The van der Waals surface area contributed by atoms with Crippen molar-refractivity contribution in [2.45, 2.75) is 71.0 Å². The van der Waals surface area contributed by atoms with Gasteiger partial charge < -0.3 is 15.3 Å². The van der Waals surface area contributed by atoms with E-state index in [0.29, 0.717) is 24.7 Å². The molecule has 4 aliphatic rings. The highest BCUT2D eigenvalue weighted by atomic mass is 16.3. The second kappa shape index (κ2) is 5.90. The minimum Gasteiger partial charge on any atom is -0.394 e. The Bertz CT molecular complexity index is 599. The quantitative estimate of drug-likeness (QED) is 0.716. The monoisotopic (exact) mass is 348 g/mol. The van der Waals surface area contributed by atoms with Crippen molar-refractivity contribution < 1.29 is 20.1 Å². The Balaban J connectivity index is 1.69. The predicted octanol–water partition coefficient (Wildman–Crippen LogP) is 2.46.